The lowest BCUT2D eigenvalue weighted by atomic mass is 10.1. The smallest absolute Gasteiger partial charge is 0.125 e. The molecule has 4 heteroatoms. The summed E-state index contributed by atoms with van der Waals surface area (Å²) in [5, 5.41) is 0. The Bertz CT molecular complexity index is 635. The Morgan fingerprint density at radius 2 is 2.15 bits per heavy atom. The fraction of sp³-hybridized carbons (Fsp3) is 0.375. The molecule has 0 saturated carbocycles. The van der Waals surface area contributed by atoms with Gasteiger partial charge in [-0.05, 0) is 49.6 Å². The fourth-order valence-electron chi connectivity index (χ4n) is 3.10. The Balaban J connectivity index is 2.00. The van der Waals surface area contributed by atoms with Crippen LogP contribution >= 0.6 is 11.3 Å². The van der Waals surface area contributed by atoms with Crippen LogP contribution in [0.2, 0.25) is 0 Å². The van der Waals surface area contributed by atoms with Crippen molar-refractivity contribution in [2.45, 2.75) is 26.3 Å². The maximum absolute atomic E-state index is 13.5. The minimum absolute atomic E-state index is 0.142. The molecule has 1 aliphatic rings. The zero-order valence-electron chi connectivity index (χ0n) is 11.8. The number of fused-ring (bicyclic) bond motifs is 1. The van der Waals surface area contributed by atoms with Crippen LogP contribution in [0, 0.1) is 19.7 Å². The second-order valence-corrected chi connectivity index (χ2v) is 6.80. The SMILES string of the molecule is Cc1cc(C(CN)N2CCc3ccc(F)cc32)c(C)s1. The molecule has 0 fully saturated rings. The van der Waals surface area contributed by atoms with E-state index >= 15 is 0 Å². The van der Waals surface area contributed by atoms with Crippen LogP contribution in [0.3, 0.4) is 0 Å². The molecule has 1 aliphatic heterocycles. The van der Waals surface area contributed by atoms with Crippen molar-refractivity contribution < 1.29 is 4.39 Å². The summed E-state index contributed by atoms with van der Waals surface area (Å²) in [4.78, 5) is 4.87. The average molecular weight is 290 g/mol. The van der Waals surface area contributed by atoms with E-state index in [4.69, 9.17) is 5.73 Å². The van der Waals surface area contributed by atoms with Gasteiger partial charge >= 0.3 is 0 Å². The number of benzene rings is 1. The second-order valence-electron chi connectivity index (χ2n) is 5.34. The summed E-state index contributed by atoms with van der Waals surface area (Å²) in [6.07, 6.45) is 0.967. The molecule has 1 unspecified atom stereocenters. The molecule has 1 atom stereocenters. The van der Waals surface area contributed by atoms with Gasteiger partial charge in [0.2, 0.25) is 0 Å². The highest BCUT2D eigenvalue weighted by Crippen LogP contribution is 2.37. The normalized spacial score (nSPS) is 15.5. The molecule has 0 aliphatic carbocycles. The quantitative estimate of drug-likeness (QED) is 0.936. The number of hydrogen-bond donors (Lipinski definition) is 1. The van der Waals surface area contributed by atoms with Gasteiger partial charge in [-0.1, -0.05) is 6.07 Å². The summed E-state index contributed by atoms with van der Waals surface area (Å²) in [5.41, 5.74) is 9.53. The zero-order valence-corrected chi connectivity index (χ0v) is 12.6. The van der Waals surface area contributed by atoms with Crippen LogP contribution in [0.5, 0.6) is 0 Å². The number of nitrogens with two attached hydrogens (primary N) is 1. The molecule has 2 heterocycles. The van der Waals surface area contributed by atoms with Gasteiger partial charge in [0.15, 0.2) is 0 Å². The van der Waals surface area contributed by atoms with Crippen molar-refractivity contribution in [3.8, 4) is 0 Å². The van der Waals surface area contributed by atoms with Crippen molar-refractivity contribution >= 4 is 17.0 Å². The van der Waals surface area contributed by atoms with Crippen LogP contribution in [-0.4, -0.2) is 13.1 Å². The molecule has 0 amide bonds. The molecule has 2 aromatic rings. The molecular formula is C16H19FN2S. The van der Waals surface area contributed by atoms with E-state index in [0.29, 0.717) is 6.54 Å². The first kappa shape index (κ1) is 13.6. The summed E-state index contributed by atoms with van der Waals surface area (Å²) < 4.78 is 13.5. The zero-order chi connectivity index (χ0) is 14.3. The van der Waals surface area contributed by atoms with Crippen molar-refractivity contribution in [3.63, 3.8) is 0 Å². The Morgan fingerprint density at radius 1 is 1.35 bits per heavy atom. The lowest BCUT2D eigenvalue weighted by molar-refractivity contribution is 0.621. The average Bonchev–Trinajstić information content (AvgIpc) is 2.95. The maximum Gasteiger partial charge on any atom is 0.125 e. The molecule has 1 aromatic heterocycles. The van der Waals surface area contributed by atoms with Gasteiger partial charge in [0.05, 0.1) is 6.04 Å². The van der Waals surface area contributed by atoms with E-state index in [1.54, 1.807) is 23.5 Å². The summed E-state index contributed by atoms with van der Waals surface area (Å²) in [6, 6.07) is 7.43. The van der Waals surface area contributed by atoms with Gasteiger partial charge in [0.1, 0.15) is 5.82 Å². The summed E-state index contributed by atoms with van der Waals surface area (Å²) in [6.45, 7) is 5.71. The second kappa shape index (κ2) is 5.19. The molecule has 106 valence electrons. The summed E-state index contributed by atoms with van der Waals surface area (Å²) in [7, 11) is 0. The van der Waals surface area contributed by atoms with Gasteiger partial charge in [-0.2, -0.15) is 0 Å². The molecule has 0 radical (unpaired) electrons. The molecular weight excluding hydrogens is 271 g/mol. The standard InChI is InChI=1S/C16H19FN2S/c1-10-7-14(11(2)20-10)16(9-18)19-6-5-12-3-4-13(17)8-15(12)19/h3-4,7-8,16H,5-6,9,18H2,1-2H3. The van der Waals surface area contributed by atoms with Crippen LogP contribution in [0.15, 0.2) is 24.3 Å². The lowest BCUT2D eigenvalue weighted by Crippen LogP contribution is -2.32. The monoisotopic (exact) mass is 290 g/mol. The molecule has 2 N–H and O–H groups in total. The highest BCUT2D eigenvalue weighted by Gasteiger charge is 2.28. The minimum atomic E-state index is -0.176. The fourth-order valence-corrected chi connectivity index (χ4v) is 4.09. The minimum Gasteiger partial charge on any atom is -0.363 e. The van der Waals surface area contributed by atoms with Crippen molar-refractivity contribution in [1.29, 1.82) is 0 Å². The largest absolute Gasteiger partial charge is 0.363 e. The van der Waals surface area contributed by atoms with Gasteiger partial charge in [-0.15, -0.1) is 11.3 Å². The number of anilines is 1. The Morgan fingerprint density at radius 3 is 2.80 bits per heavy atom. The predicted octanol–water partition coefficient (Wildman–Crippen LogP) is 3.57. The van der Waals surface area contributed by atoms with Crippen molar-refractivity contribution in [2.75, 3.05) is 18.0 Å². The third kappa shape index (κ3) is 2.23. The number of rotatable bonds is 3. The van der Waals surface area contributed by atoms with Gasteiger partial charge in [0.25, 0.3) is 0 Å². The van der Waals surface area contributed by atoms with Gasteiger partial charge in [-0.3, -0.25) is 0 Å². The van der Waals surface area contributed by atoms with Gasteiger partial charge < -0.3 is 10.6 Å². The predicted molar refractivity (Wildman–Crippen MR) is 83.0 cm³/mol. The molecule has 2 nitrogen and oxygen atoms in total. The lowest BCUT2D eigenvalue weighted by Gasteiger charge is -2.29. The maximum atomic E-state index is 13.5. The first-order valence-electron chi connectivity index (χ1n) is 6.92. The Hall–Kier alpha value is -1.39. The van der Waals surface area contributed by atoms with Crippen LogP contribution in [0.1, 0.15) is 26.9 Å². The van der Waals surface area contributed by atoms with Gasteiger partial charge in [-0.25, -0.2) is 4.39 Å². The Labute approximate surface area is 123 Å². The Kier molecular flexibility index (Phi) is 3.52. The number of hydrogen-bond acceptors (Lipinski definition) is 3. The van der Waals surface area contributed by atoms with E-state index in [1.165, 1.54) is 20.9 Å². The van der Waals surface area contributed by atoms with Crippen LogP contribution in [-0.2, 0) is 6.42 Å². The van der Waals surface area contributed by atoms with E-state index in [1.807, 2.05) is 6.07 Å². The highest BCUT2D eigenvalue weighted by molar-refractivity contribution is 7.12. The third-order valence-electron chi connectivity index (χ3n) is 4.02. The van der Waals surface area contributed by atoms with Crippen molar-refractivity contribution in [2.24, 2.45) is 5.73 Å². The van der Waals surface area contributed by atoms with E-state index < -0.39 is 0 Å². The molecule has 0 saturated heterocycles. The van der Waals surface area contributed by atoms with Crippen LogP contribution < -0.4 is 10.6 Å². The number of aryl methyl sites for hydroxylation is 2. The van der Waals surface area contributed by atoms with Crippen molar-refractivity contribution in [1.82, 2.24) is 0 Å². The van der Waals surface area contributed by atoms with E-state index in [-0.39, 0.29) is 11.9 Å². The summed E-state index contributed by atoms with van der Waals surface area (Å²) in [5.74, 6) is -0.176. The van der Waals surface area contributed by atoms with E-state index in [2.05, 4.69) is 24.8 Å². The topological polar surface area (TPSA) is 29.3 Å². The number of halogens is 1. The van der Waals surface area contributed by atoms with Crippen LogP contribution in [0.4, 0.5) is 10.1 Å². The first-order chi connectivity index (χ1) is 9.60. The molecule has 1 aromatic carbocycles. The van der Waals surface area contributed by atoms with E-state index in [9.17, 15) is 4.39 Å². The molecule has 20 heavy (non-hydrogen) atoms. The van der Waals surface area contributed by atoms with Gasteiger partial charge in [0, 0.05) is 28.5 Å². The molecule has 3 rings (SSSR count). The first-order valence-corrected chi connectivity index (χ1v) is 7.74. The highest BCUT2D eigenvalue weighted by atomic mass is 32.1. The third-order valence-corrected chi connectivity index (χ3v) is 5.00. The van der Waals surface area contributed by atoms with E-state index in [0.717, 1.165) is 18.7 Å². The molecule has 0 spiro atoms. The number of thiophene rings is 1. The number of nitrogens with zero attached hydrogens (tertiary/aromatic N) is 1. The van der Waals surface area contributed by atoms with Crippen molar-refractivity contribution in [3.05, 3.63) is 51.0 Å². The summed E-state index contributed by atoms with van der Waals surface area (Å²) >= 11 is 1.80. The van der Waals surface area contributed by atoms with Crippen LogP contribution in [0.25, 0.3) is 0 Å². The molecule has 0 bridgehead atoms.